The van der Waals surface area contributed by atoms with Gasteiger partial charge in [0.25, 0.3) is 0 Å². The van der Waals surface area contributed by atoms with E-state index in [9.17, 15) is 0 Å². The predicted octanol–water partition coefficient (Wildman–Crippen LogP) is 5.92. The molecule has 102 valence electrons. The van der Waals surface area contributed by atoms with E-state index in [1.54, 1.807) is 0 Å². The van der Waals surface area contributed by atoms with Crippen LogP contribution in [-0.2, 0) is 6.42 Å². The summed E-state index contributed by atoms with van der Waals surface area (Å²) in [6.07, 6.45) is 3.60. The van der Waals surface area contributed by atoms with E-state index in [0.717, 1.165) is 24.1 Å². The Kier molecular flexibility index (Phi) is 7.33. The highest BCUT2D eigenvalue weighted by Gasteiger charge is 2.15. The van der Waals surface area contributed by atoms with Crippen molar-refractivity contribution in [2.24, 2.45) is 17.8 Å². The highest BCUT2D eigenvalue weighted by molar-refractivity contribution is 9.10. The molecule has 1 rings (SSSR count). The lowest BCUT2D eigenvalue weighted by molar-refractivity contribution is 0.355. The van der Waals surface area contributed by atoms with Gasteiger partial charge in [-0.2, -0.15) is 0 Å². The molecule has 1 aromatic rings. The van der Waals surface area contributed by atoms with Gasteiger partial charge in [-0.25, -0.2) is 0 Å². The van der Waals surface area contributed by atoms with Gasteiger partial charge in [-0.05, 0) is 48.6 Å². The van der Waals surface area contributed by atoms with Gasteiger partial charge in [-0.15, -0.1) is 11.6 Å². The molecule has 0 amide bonds. The van der Waals surface area contributed by atoms with Gasteiger partial charge in [-0.1, -0.05) is 54.9 Å². The molecule has 0 saturated carbocycles. The molecule has 0 spiro atoms. The Hall–Kier alpha value is -0.0100. The minimum atomic E-state index is 0.583. The smallest absolute Gasteiger partial charge is 0.0255 e. The first-order chi connectivity index (χ1) is 8.52. The van der Waals surface area contributed by atoms with E-state index in [0.29, 0.717) is 5.92 Å². The number of benzene rings is 1. The summed E-state index contributed by atoms with van der Waals surface area (Å²) in [5.74, 6) is 2.87. The van der Waals surface area contributed by atoms with Crippen LogP contribution in [0.2, 0.25) is 0 Å². The summed E-state index contributed by atoms with van der Waals surface area (Å²) in [6.45, 7) is 6.93. The molecular formula is C16H24BrCl. The van der Waals surface area contributed by atoms with Crippen LogP contribution in [0.15, 0.2) is 28.7 Å². The molecule has 0 fully saturated rings. The van der Waals surface area contributed by atoms with Gasteiger partial charge in [-0.3, -0.25) is 0 Å². The normalized spacial score (nSPS) is 14.8. The van der Waals surface area contributed by atoms with Gasteiger partial charge >= 0.3 is 0 Å². The second kappa shape index (κ2) is 8.22. The van der Waals surface area contributed by atoms with E-state index in [4.69, 9.17) is 11.6 Å². The molecule has 0 heterocycles. The molecule has 0 aromatic heterocycles. The van der Waals surface area contributed by atoms with Crippen molar-refractivity contribution in [3.63, 3.8) is 0 Å². The SMILES string of the molecule is CC(C)CC(C)CC(CCl)Cc1ccccc1Br. The summed E-state index contributed by atoms with van der Waals surface area (Å²) in [7, 11) is 0. The van der Waals surface area contributed by atoms with E-state index in [1.807, 2.05) is 0 Å². The molecule has 0 radical (unpaired) electrons. The lowest BCUT2D eigenvalue weighted by Gasteiger charge is -2.21. The third-order valence-corrected chi connectivity index (χ3v) is 4.50. The molecule has 2 heteroatoms. The summed E-state index contributed by atoms with van der Waals surface area (Å²) in [6, 6.07) is 8.46. The Morgan fingerprint density at radius 1 is 1.11 bits per heavy atom. The van der Waals surface area contributed by atoms with Crippen molar-refractivity contribution < 1.29 is 0 Å². The van der Waals surface area contributed by atoms with Crippen molar-refractivity contribution >= 4 is 27.5 Å². The van der Waals surface area contributed by atoms with Crippen LogP contribution in [-0.4, -0.2) is 5.88 Å². The fraction of sp³-hybridized carbons (Fsp3) is 0.625. The molecule has 0 N–H and O–H groups in total. The van der Waals surface area contributed by atoms with Crippen molar-refractivity contribution in [2.75, 3.05) is 5.88 Å². The number of rotatable bonds is 7. The maximum Gasteiger partial charge on any atom is 0.0255 e. The Morgan fingerprint density at radius 3 is 2.33 bits per heavy atom. The van der Waals surface area contributed by atoms with Crippen LogP contribution in [0.1, 0.15) is 39.2 Å². The number of alkyl halides is 1. The minimum absolute atomic E-state index is 0.583. The summed E-state index contributed by atoms with van der Waals surface area (Å²) in [5.41, 5.74) is 1.37. The summed E-state index contributed by atoms with van der Waals surface area (Å²) < 4.78 is 1.21. The van der Waals surface area contributed by atoms with E-state index in [-0.39, 0.29) is 0 Å². The molecule has 18 heavy (non-hydrogen) atoms. The molecule has 0 aliphatic carbocycles. The third-order valence-electron chi connectivity index (χ3n) is 3.29. The molecule has 0 aliphatic rings. The average molecular weight is 332 g/mol. The van der Waals surface area contributed by atoms with Crippen molar-refractivity contribution in [2.45, 2.75) is 40.0 Å². The van der Waals surface area contributed by atoms with Crippen molar-refractivity contribution in [1.82, 2.24) is 0 Å². The minimum Gasteiger partial charge on any atom is -0.126 e. The maximum absolute atomic E-state index is 6.14. The first kappa shape index (κ1) is 16.0. The number of hydrogen-bond acceptors (Lipinski definition) is 0. The van der Waals surface area contributed by atoms with E-state index >= 15 is 0 Å². The van der Waals surface area contributed by atoms with Crippen LogP contribution in [0.5, 0.6) is 0 Å². The van der Waals surface area contributed by atoms with Crippen molar-refractivity contribution in [1.29, 1.82) is 0 Å². The topological polar surface area (TPSA) is 0 Å². The van der Waals surface area contributed by atoms with Crippen LogP contribution in [0, 0.1) is 17.8 Å². The van der Waals surface area contributed by atoms with Gasteiger partial charge in [0, 0.05) is 10.4 Å². The van der Waals surface area contributed by atoms with E-state index < -0.39 is 0 Å². The van der Waals surface area contributed by atoms with Crippen LogP contribution in [0.3, 0.4) is 0 Å². The van der Waals surface area contributed by atoms with Crippen molar-refractivity contribution in [3.8, 4) is 0 Å². The fourth-order valence-corrected chi connectivity index (χ4v) is 3.33. The lowest BCUT2D eigenvalue weighted by atomic mass is 9.87. The zero-order valence-electron chi connectivity index (χ0n) is 11.6. The first-order valence-corrected chi connectivity index (χ1v) is 8.15. The third kappa shape index (κ3) is 5.75. The summed E-state index contributed by atoms with van der Waals surface area (Å²) >= 11 is 9.75. The first-order valence-electron chi connectivity index (χ1n) is 6.82. The quantitative estimate of drug-likeness (QED) is 0.544. The highest BCUT2D eigenvalue weighted by Crippen LogP contribution is 2.26. The molecule has 0 saturated heterocycles. The molecule has 2 unspecified atom stereocenters. The predicted molar refractivity (Wildman–Crippen MR) is 85.3 cm³/mol. The maximum atomic E-state index is 6.14. The van der Waals surface area contributed by atoms with Gasteiger partial charge in [0.1, 0.15) is 0 Å². The van der Waals surface area contributed by atoms with Gasteiger partial charge < -0.3 is 0 Å². The zero-order valence-corrected chi connectivity index (χ0v) is 14.0. The second-order valence-electron chi connectivity index (χ2n) is 5.79. The standard InChI is InChI=1S/C16H24BrCl/c1-12(2)8-13(3)9-14(11-18)10-15-6-4-5-7-16(15)17/h4-7,12-14H,8-11H2,1-3H3. The Morgan fingerprint density at radius 2 is 1.78 bits per heavy atom. The zero-order chi connectivity index (χ0) is 13.5. The van der Waals surface area contributed by atoms with Crippen LogP contribution in [0.4, 0.5) is 0 Å². The molecule has 2 atom stereocenters. The summed E-state index contributed by atoms with van der Waals surface area (Å²) in [5, 5.41) is 0. The second-order valence-corrected chi connectivity index (χ2v) is 6.95. The largest absolute Gasteiger partial charge is 0.126 e. The van der Waals surface area contributed by atoms with Crippen LogP contribution >= 0.6 is 27.5 Å². The fourth-order valence-electron chi connectivity index (χ4n) is 2.65. The average Bonchev–Trinajstić information content (AvgIpc) is 2.30. The Balaban J connectivity index is 2.54. The molecular weight excluding hydrogens is 308 g/mol. The monoisotopic (exact) mass is 330 g/mol. The van der Waals surface area contributed by atoms with Crippen LogP contribution in [0.25, 0.3) is 0 Å². The van der Waals surface area contributed by atoms with Crippen LogP contribution < -0.4 is 0 Å². The van der Waals surface area contributed by atoms with Gasteiger partial charge in [0.15, 0.2) is 0 Å². The summed E-state index contributed by atoms with van der Waals surface area (Å²) in [4.78, 5) is 0. The highest BCUT2D eigenvalue weighted by atomic mass is 79.9. The molecule has 0 aliphatic heterocycles. The lowest BCUT2D eigenvalue weighted by Crippen LogP contribution is -2.13. The van der Waals surface area contributed by atoms with Gasteiger partial charge in [0.05, 0.1) is 0 Å². The number of hydrogen-bond donors (Lipinski definition) is 0. The van der Waals surface area contributed by atoms with Crippen molar-refractivity contribution in [3.05, 3.63) is 34.3 Å². The molecule has 1 aromatic carbocycles. The molecule has 0 bridgehead atoms. The Bertz CT molecular complexity index is 349. The van der Waals surface area contributed by atoms with E-state index in [1.165, 1.54) is 22.9 Å². The van der Waals surface area contributed by atoms with Gasteiger partial charge in [0.2, 0.25) is 0 Å². The number of halogens is 2. The van der Waals surface area contributed by atoms with E-state index in [2.05, 4.69) is 61.0 Å². The Labute approximate surface area is 125 Å². The molecule has 0 nitrogen and oxygen atoms in total.